The zero-order valence-corrected chi connectivity index (χ0v) is 12.0. The Morgan fingerprint density at radius 2 is 2.05 bits per heavy atom. The molecule has 1 aliphatic heterocycles. The van der Waals surface area contributed by atoms with Crippen LogP contribution >= 0.6 is 0 Å². The number of rotatable bonds is 4. The van der Waals surface area contributed by atoms with Gasteiger partial charge in [0.15, 0.2) is 17.1 Å². The molecule has 1 atom stereocenters. The van der Waals surface area contributed by atoms with Crippen molar-refractivity contribution in [1.29, 1.82) is 0 Å². The Kier molecular flexibility index (Phi) is 3.27. The summed E-state index contributed by atoms with van der Waals surface area (Å²) in [5.74, 6) is 2.61. The highest BCUT2D eigenvalue weighted by Gasteiger charge is 2.20. The SMILES string of the molecule is c1ccc2c(c1)OCC(CCNc1cccc3nncn13)O2. The van der Waals surface area contributed by atoms with Crippen LogP contribution in [0.3, 0.4) is 0 Å². The Morgan fingerprint density at radius 1 is 1.14 bits per heavy atom. The molecule has 112 valence electrons. The quantitative estimate of drug-likeness (QED) is 0.801. The topological polar surface area (TPSA) is 60.7 Å². The van der Waals surface area contributed by atoms with Gasteiger partial charge in [0.05, 0.1) is 0 Å². The van der Waals surface area contributed by atoms with Crippen LogP contribution in [-0.2, 0) is 0 Å². The minimum atomic E-state index is 0.0579. The predicted molar refractivity (Wildman–Crippen MR) is 82.4 cm³/mol. The number of ether oxygens (including phenoxy) is 2. The number of fused-ring (bicyclic) bond motifs is 2. The second kappa shape index (κ2) is 5.55. The molecule has 0 saturated carbocycles. The van der Waals surface area contributed by atoms with Crippen molar-refractivity contribution >= 4 is 11.5 Å². The molecular formula is C16H16N4O2. The molecule has 1 unspecified atom stereocenters. The lowest BCUT2D eigenvalue weighted by Crippen LogP contribution is -2.31. The van der Waals surface area contributed by atoms with Crippen LogP contribution in [-0.4, -0.2) is 33.9 Å². The Labute approximate surface area is 127 Å². The van der Waals surface area contributed by atoms with Crippen LogP contribution in [0.4, 0.5) is 5.82 Å². The molecule has 1 N–H and O–H groups in total. The summed E-state index contributed by atoms with van der Waals surface area (Å²) in [7, 11) is 0. The molecule has 0 spiro atoms. The minimum absolute atomic E-state index is 0.0579. The molecule has 3 heterocycles. The van der Waals surface area contributed by atoms with Crippen molar-refractivity contribution in [2.45, 2.75) is 12.5 Å². The molecule has 6 heteroatoms. The number of nitrogens with zero attached hydrogens (tertiary/aromatic N) is 3. The Balaban J connectivity index is 1.37. The third-order valence-corrected chi connectivity index (χ3v) is 3.67. The van der Waals surface area contributed by atoms with E-state index in [1.54, 1.807) is 6.33 Å². The van der Waals surface area contributed by atoms with Gasteiger partial charge in [-0.3, -0.25) is 4.40 Å². The third kappa shape index (κ3) is 2.43. The minimum Gasteiger partial charge on any atom is -0.486 e. The first kappa shape index (κ1) is 12.9. The van der Waals surface area contributed by atoms with E-state index >= 15 is 0 Å². The lowest BCUT2D eigenvalue weighted by Gasteiger charge is -2.26. The second-order valence-electron chi connectivity index (χ2n) is 5.18. The van der Waals surface area contributed by atoms with Crippen molar-refractivity contribution in [2.75, 3.05) is 18.5 Å². The summed E-state index contributed by atoms with van der Waals surface area (Å²) in [5.41, 5.74) is 0.830. The fourth-order valence-electron chi connectivity index (χ4n) is 2.56. The summed E-state index contributed by atoms with van der Waals surface area (Å²) in [4.78, 5) is 0. The van der Waals surface area contributed by atoms with Gasteiger partial charge in [-0.05, 0) is 24.3 Å². The molecule has 0 amide bonds. The fraction of sp³-hybridized carbons (Fsp3) is 0.250. The van der Waals surface area contributed by atoms with Crippen molar-refractivity contribution in [3.8, 4) is 11.5 Å². The molecule has 22 heavy (non-hydrogen) atoms. The zero-order chi connectivity index (χ0) is 14.8. The van der Waals surface area contributed by atoms with Gasteiger partial charge >= 0.3 is 0 Å². The molecule has 0 saturated heterocycles. The van der Waals surface area contributed by atoms with E-state index in [2.05, 4.69) is 15.5 Å². The molecule has 1 aromatic carbocycles. The molecule has 0 bridgehead atoms. The highest BCUT2D eigenvalue weighted by molar-refractivity contribution is 5.48. The summed E-state index contributed by atoms with van der Waals surface area (Å²) >= 11 is 0. The number of nitrogens with one attached hydrogen (secondary N) is 1. The molecular weight excluding hydrogens is 280 g/mol. The van der Waals surface area contributed by atoms with Crippen molar-refractivity contribution in [2.24, 2.45) is 0 Å². The summed E-state index contributed by atoms with van der Waals surface area (Å²) in [6.07, 6.45) is 2.61. The van der Waals surface area contributed by atoms with Gasteiger partial charge in [-0.2, -0.15) is 0 Å². The standard InChI is InChI=1S/C16H16N4O2/c1-2-5-14-13(4-1)21-10-12(22-14)8-9-17-15-6-3-7-16-19-18-11-20(15)16/h1-7,11-12,17H,8-10H2. The van der Waals surface area contributed by atoms with Crippen LogP contribution in [0.15, 0.2) is 48.8 Å². The van der Waals surface area contributed by atoms with Crippen molar-refractivity contribution in [3.05, 3.63) is 48.8 Å². The smallest absolute Gasteiger partial charge is 0.162 e. The number of aromatic nitrogens is 3. The summed E-state index contributed by atoms with van der Waals surface area (Å²) < 4.78 is 13.6. The van der Waals surface area contributed by atoms with E-state index < -0.39 is 0 Å². The first-order chi connectivity index (χ1) is 10.9. The molecule has 0 aliphatic carbocycles. The van der Waals surface area contributed by atoms with Crippen LogP contribution in [0.2, 0.25) is 0 Å². The molecule has 1 aliphatic rings. The summed E-state index contributed by atoms with van der Waals surface area (Å²) in [6, 6.07) is 13.7. The van der Waals surface area contributed by atoms with Crippen LogP contribution < -0.4 is 14.8 Å². The van der Waals surface area contributed by atoms with E-state index in [9.17, 15) is 0 Å². The van der Waals surface area contributed by atoms with Gasteiger partial charge in [0, 0.05) is 13.0 Å². The highest BCUT2D eigenvalue weighted by Crippen LogP contribution is 2.31. The highest BCUT2D eigenvalue weighted by atomic mass is 16.6. The van der Waals surface area contributed by atoms with E-state index in [1.807, 2.05) is 46.9 Å². The molecule has 0 radical (unpaired) electrons. The Hall–Kier alpha value is -2.76. The van der Waals surface area contributed by atoms with Gasteiger partial charge in [-0.1, -0.05) is 18.2 Å². The normalized spacial score (nSPS) is 16.6. The number of anilines is 1. The van der Waals surface area contributed by atoms with E-state index in [1.165, 1.54) is 0 Å². The lowest BCUT2D eigenvalue weighted by molar-refractivity contribution is 0.0873. The Morgan fingerprint density at radius 3 is 3.00 bits per heavy atom. The van der Waals surface area contributed by atoms with Gasteiger partial charge < -0.3 is 14.8 Å². The monoisotopic (exact) mass is 296 g/mol. The predicted octanol–water partition coefficient (Wildman–Crippen LogP) is 2.37. The van der Waals surface area contributed by atoms with Crippen molar-refractivity contribution < 1.29 is 9.47 Å². The average Bonchev–Trinajstić information content (AvgIpc) is 3.04. The van der Waals surface area contributed by atoms with Gasteiger partial charge in [0.1, 0.15) is 24.9 Å². The summed E-state index contributed by atoms with van der Waals surface area (Å²) in [6.45, 7) is 1.36. The molecule has 6 nitrogen and oxygen atoms in total. The second-order valence-corrected chi connectivity index (χ2v) is 5.18. The largest absolute Gasteiger partial charge is 0.486 e. The van der Waals surface area contributed by atoms with Crippen LogP contribution in [0.5, 0.6) is 11.5 Å². The van der Waals surface area contributed by atoms with Gasteiger partial charge in [0.25, 0.3) is 0 Å². The first-order valence-corrected chi connectivity index (χ1v) is 7.31. The van der Waals surface area contributed by atoms with E-state index in [4.69, 9.17) is 9.47 Å². The number of hydrogen-bond donors (Lipinski definition) is 1. The zero-order valence-electron chi connectivity index (χ0n) is 12.0. The van der Waals surface area contributed by atoms with E-state index in [0.29, 0.717) is 6.61 Å². The maximum atomic E-state index is 5.95. The maximum absolute atomic E-state index is 5.95. The fourth-order valence-corrected chi connectivity index (χ4v) is 2.56. The number of para-hydroxylation sites is 2. The maximum Gasteiger partial charge on any atom is 0.162 e. The van der Waals surface area contributed by atoms with Gasteiger partial charge in [-0.15, -0.1) is 10.2 Å². The van der Waals surface area contributed by atoms with E-state index in [0.717, 1.165) is 35.9 Å². The van der Waals surface area contributed by atoms with Crippen LogP contribution in [0.25, 0.3) is 5.65 Å². The lowest BCUT2D eigenvalue weighted by atomic mass is 10.2. The number of hydrogen-bond acceptors (Lipinski definition) is 5. The molecule has 2 aromatic heterocycles. The molecule has 0 fully saturated rings. The van der Waals surface area contributed by atoms with Crippen molar-refractivity contribution in [3.63, 3.8) is 0 Å². The van der Waals surface area contributed by atoms with Crippen LogP contribution in [0, 0.1) is 0 Å². The molecule has 3 aromatic rings. The van der Waals surface area contributed by atoms with Gasteiger partial charge in [-0.25, -0.2) is 0 Å². The summed E-state index contributed by atoms with van der Waals surface area (Å²) in [5, 5.41) is 11.3. The number of pyridine rings is 1. The van der Waals surface area contributed by atoms with Crippen LogP contribution in [0.1, 0.15) is 6.42 Å². The third-order valence-electron chi connectivity index (χ3n) is 3.67. The first-order valence-electron chi connectivity index (χ1n) is 7.31. The average molecular weight is 296 g/mol. The Bertz CT molecular complexity index is 786. The van der Waals surface area contributed by atoms with E-state index in [-0.39, 0.29) is 6.10 Å². The number of benzene rings is 1. The van der Waals surface area contributed by atoms with Crippen molar-refractivity contribution in [1.82, 2.24) is 14.6 Å². The molecule has 4 rings (SSSR count). The van der Waals surface area contributed by atoms with Gasteiger partial charge in [0.2, 0.25) is 0 Å².